The molecule has 2 heterocycles. The zero-order valence-electron chi connectivity index (χ0n) is 16.1. The third kappa shape index (κ3) is 4.87. The Balaban J connectivity index is 1.68. The van der Waals surface area contributed by atoms with E-state index in [-0.39, 0.29) is 55.9 Å². The molecule has 9 heteroatoms. The largest absolute Gasteiger partial charge is 0.481 e. The molecule has 0 radical (unpaired) electrons. The van der Waals surface area contributed by atoms with Crippen LogP contribution in [0.1, 0.15) is 44.1 Å². The van der Waals surface area contributed by atoms with Crippen LogP contribution in [0.2, 0.25) is 0 Å². The highest BCUT2D eigenvalue weighted by Crippen LogP contribution is 2.35. The maximum atomic E-state index is 14.5. The van der Waals surface area contributed by atoms with Gasteiger partial charge in [0.05, 0.1) is 19.7 Å². The van der Waals surface area contributed by atoms with Crippen molar-refractivity contribution < 1.29 is 27.4 Å². The Morgan fingerprint density at radius 2 is 2.04 bits per heavy atom. The second kappa shape index (κ2) is 8.55. The molecule has 156 valence electrons. The molecule has 1 aromatic heterocycles. The van der Waals surface area contributed by atoms with Crippen molar-refractivity contribution >= 4 is 5.91 Å². The molecular formula is C19H26F3N3O3. The number of pyridine rings is 1. The molecular weight excluding hydrogens is 375 g/mol. The molecule has 2 fully saturated rings. The van der Waals surface area contributed by atoms with Crippen molar-refractivity contribution in [3.05, 3.63) is 17.4 Å². The van der Waals surface area contributed by atoms with Gasteiger partial charge in [0.1, 0.15) is 6.10 Å². The molecule has 6 nitrogen and oxygen atoms in total. The molecule has 0 spiro atoms. The number of alkyl halides is 2. The quantitative estimate of drug-likeness (QED) is 0.794. The van der Waals surface area contributed by atoms with Crippen LogP contribution in [0.15, 0.2) is 6.07 Å². The van der Waals surface area contributed by atoms with Gasteiger partial charge in [-0.3, -0.25) is 4.79 Å². The van der Waals surface area contributed by atoms with Gasteiger partial charge in [-0.05, 0) is 38.3 Å². The fraction of sp³-hybridized carbons (Fsp3) is 0.684. The lowest BCUT2D eigenvalue weighted by Crippen LogP contribution is -2.41. The van der Waals surface area contributed by atoms with E-state index in [1.54, 1.807) is 7.05 Å². The number of methoxy groups -OCH3 is 1. The van der Waals surface area contributed by atoms with E-state index in [9.17, 15) is 18.0 Å². The standard InChI is InChI=1S/C19H26F3N3O3/c1-25(18(26)15-4-3-9-23-15)11-12-10-14(20)17(24-16(12)27-2)28-13-5-7-19(21,22)8-6-13/h10,13,15,23H,3-9,11H2,1-2H3/t15-/m1/s1. The van der Waals surface area contributed by atoms with Gasteiger partial charge in [-0.2, -0.15) is 4.98 Å². The summed E-state index contributed by atoms with van der Waals surface area (Å²) in [6.07, 6.45) is 0.944. The lowest BCUT2D eigenvalue weighted by atomic mass is 9.94. The van der Waals surface area contributed by atoms with Crippen LogP contribution in [0.5, 0.6) is 11.8 Å². The van der Waals surface area contributed by atoms with Crippen LogP contribution in [0.4, 0.5) is 13.2 Å². The van der Waals surface area contributed by atoms with Crippen LogP contribution in [-0.4, -0.2) is 54.6 Å². The minimum Gasteiger partial charge on any atom is -0.481 e. The number of ether oxygens (including phenoxy) is 2. The molecule has 2 aliphatic rings. The number of hydrogen-bond acceptors (Lipinski definition) is 5. The molecule has 1 amide bonds. The summed E-state index contributed by atoms with van der Waals surface area (Å²) in [4.78, 5) is 18.0. The molecule has 28 heavy (non-hydrogen) atoms. The number of nitrogens with one attached hydrogen (secondary N) is 1. The van der Waals surface area contributed by atoms with E-state index in [1.807, 2.05) is 0 Å². The number of carbonyl (C=O) groups is 1. The van der Waals surface area contributed by atoms with Gasteiger partial charge in [0.15, 0.2) is 5.82 Å². The average molecular weight is 401 g/mol. The SMILES string of the molecule is COc1nc(OC2CCC(F)(F)CC2)c(F)cc1CN(C)C(=O)[C@H]1CCCN1. The molecule has 0 unspecified atom stereocenters. The monoisotopic (exact) mass is 401 g/mol. The molecule has 1 aromatic rings. The predicted octanol–water partition coefficient (Wildman–Crippen LogP) is 2.90. The number of likely N-dealkylation sites (N-methyl/N-ethyl adjacent to an activating group) is 1. The normalized spacial score (nSPS) is 22.1. The van der Waals surface area contributed by atoms with E-state index in [0.29, 0.717) is 5.56 Å². The third-order valence-corrected chi connectivity index (χ3v) is 5.26. The molecule has 1 saturated heterocycles. The first kappa shape index (κ1) is 20.7. The van der Waals surface area contributed by atoms with E-state index < -0.39 is 17.8 Å². The Labute approximate surface area is 162 Å². The fourth-order valence-electron chi connectivity index (χ4n) is 3.65. The zero-order valence-corrected chi connectivity index (χ0v) is 16.1. The predicted molar refractivity (Wildman–Crippen MR) is 96.1 cm³/mol. The van der Waals surface area contributed by atoms with Crippen molar-refractivity contribution in [3.63, 3.8) is 0 Å². The molecule has 1 saturated carbocycles. The van der Waals surface area contributed by atoms with Crippen LogP contribution in [0.25, 0.3) is 0 Å². The Morgan fingerprint density at radius 1 is 1.32 bits per heavy atom. The summed E-state index contributed by atoms with van der Waals surface area (Å²) < 4.78 is 51.8. The highest BCUT2D eigenvalue weighted by molar-refractivity contribution is 5.82. The first-order valence-corrected chi connectivity index (χ1v) is 9.55. The Morgan fingerprint density at radius 3 is 2.64 bits per heavy atom. The molecule has 1 atom stereocenters. The van der Waals surface area contributed by atoms with Gasteiger partial charge >= 0.3 is 0 Å². The van der Waals surface area contributed by atoms with Crippen LogP contribution in [-0.2, 0) is 11.3 Å². The van der Waals surface area contributed by atoms with E-state index in [2.05, 4.69) is 10.3 Å². The van der Waals surface area contributed by atoms with E-state index in [1.165, 1.54) is 18.1 Å². The second-order valence-corrected chi connectivity index (χ2v) is 7.46. The lowest BCUT2D eigenvalue weighted by Gasteiger charge is -2.28. The second-order valence-electron chi connectivity index (χ2n) is 7.46. The summed E-state index contributed by atoms with van der Waals surface area (Å²) in [5, 5.41) is 3.14. The summed E-state index contributed by atoms with van der Waals surface area (Å²) in [5.41, 5.74) is 0.413. The van der Waals surface area contributed by atoms with Gasteiger partial charge in [-0.1, -0.05) is 0 Å². The number of hydrogen-bond donors (Lipinski definition) is 1. The average Bonchev–Trinajstić information content (AvgIpc) is 3.19. The van der Waals surface area contributed by atoms with Gasteiger partial charge in [0.25, 0.3) is 5.88 Å². The van der Waals surface area contributed by atoms with Gasteiger partial charge in [0, 0.05) is 25.5 Å². The Hall–Kier alpha value is -2.03. The van der Waals surface area contributed by atoms with Crippen molar-refractivity contribution in [1.29, 1.82) is 0 Å². The number of amides is 1. The van der Waals surface area contributed by atoms with Crippen LogP contribution in [0, 0.1) is 5.82 Å². The summed E-state index contributed by atoms with van der Waals surface area (Å²) >= 11 is 0. The highest BCUT2D eigenvalue weighted by atomic mass is 19.3. The molecule has 1 aliphatic heterocycles. The number of halogens is 3. The number of aromatic nitrogens is 1. The topological polar surface area (TPSA) is 63.7 Å². The van der Waals surface area contributed by atoms with Gasteiger partial charge in [0.2, 0.25) is 17.7 Å². The number of carbonyl (C=O) groups excluding carboxylic acids is 1. The van der Waals surface area contributed by atoms with Gasteiger partial charge < -0.3 is 19.7 Å². The summed E-state index contributed by atoms with van der Waals surface area (Å²) in [6.45, 7) is 0.947. The van der Waals surface area contributed by atoms with Crippen molar-refractivity contribution in [3.8, 4) is 11.8 Å². The van der Waals surface area contributed by atoms with Gasteiger partial charge in [-0.25, -0.2) is 13.2 Å². The maximum Gasteiger partial charge on any atom is 0.254 e. The van der Waals surface area contributed by atoms with Crippen molar-refractivity contribution in [2.45, 2.75) is 63.1 Å². The molecule has 0 aromatic carbocycles. The number of nitrogens with zero attached hydrogens (tertiary/aromatic N) is 2. The molecule has 1 N–H and O–H groups in total. The zero-order chi connectivity index (χ0) is 20.3. The van der Waals surface area contributed by atoms with E-state index in [0.717, 1.165) is 19.4 Å². The van der Waals surface area contributed by atoms with Gasteiger partial charge in [-0.15, -0.1) is 0 Å². The van der Waals surface area contributed by atoms with Crippen molar-refractivity contribution in [1.82, 2.24) is 15.2 Å². The summed E-state index contributed by atoms with van der Waals surface area (Å²) in [5.74, 6) is -3.56. The van der Waals surface area contributed by atoms with Crippen molar-refractivity contribution in [2.75, 3.05) is 20.7 Å². The van der Waals surface area contributed by atoms with Crippen LogP contribution in [0.3, 0.4) is 0 Å². The highest BCUT2D eigenvalue weighted by Gasteiger charge is 2.36. The number of rotatable bonds is 6. The summed E-state index contributed by atoms with van der Waals surface area (Å²) in [7, 11) is 3.04. The minimum atomic E-state index is -2.68. The first-order valence-electron chi connectivity index (χ1n) is 9.55. The minimum absolute atomic E-state index is 0.0663. The van der Waals surface area contributed by atoms with Crippen molar-refractivity contribution in [2.24, 2.45) is 0 Å². The van der Waals surface area contributed by atoms with Crippen LogP contribution >= 0.6 is 0 Å². The Kier molecular flexibility index (Phi) is 6.32. The summed E-state index contributed by atoms with van der Waals surface area (Å²) in [6, 6.07) is 1.01. The maximum absolute atomic E-state index is 14.5. The smallest absolute Gasteiger partial charge is 0.254 e. The van der Waals surface area contributed by atoms with E-state index >= 15 is 0 Å². The Bertz CT molecular complexity index is 701. The molecule has 1 aliphatic carbocycles. The third-order valence-electron chi connectivity index (χ3n) is 5.26. The lowest BCUT2D eigenvalue weighted by molar-refractivity contribution is -0.132. The molecule has 0 bridgehead atoms. The first-order chi connectivity index (χ1) is 13.3. The van der Waals surface area contributed by atoms with Crippen LogP contribution < -0.4 is 14.8 Å². The molecule has 3 rings (SSSR count). The fourth-order valence-corrected chi connectivity index (χ4v) is 3.65. The van der Waals surface area contributed by atoms with E-state index in [4.69, 9.17) is 9.47 Å².